The van der Waals surface area contributed by atoms with Crippen molar-refractivity contribution in [3.05, 3.63) is 21.4 Å². The van der Waals surface area contributed by atoms with Gasteiger partial charge in [-0.05, 0) is 82.7 Å². The molecule has 1 aromatic heterocycles. The molecular formula is C23H37BrN2O3. The lowest BCUT2D eigenvalue weighted by atomic mass is 9.83. The normalized spacial score (nSPS) is 18.1. The van der Waals surface area contributed by atoms with Crippen LogP contribution in [0, 0.1) is 19.3 Å². The van der Waals surface area contributed by atoms with Gasteiger partial charge < -0.3 is 14.4 Å². The van der Waals surface area contributed by atoms with E-state index in [-0.39, 0.29) is 17.5 Å². The lowest BCUT2D eigenvalue weighted by Crippen LogP contribution is -2.42. The molecule has 0 unspecified atom stereocenters. The highest BCUT2D eigenvalue weighted by atomic mass is 79.9. The Morgan fingerprint density at radius 1 is 1.21 bits per heavy atom. The van der Waals surface area contributed by atoms with Gasteiger partial charge in [-0.25, -0.2) is 4.79 Å². The Morgan fingerprint density at radius 3 is 2.34 bits per heavy atom. The summed E-state index contributed by atoms with van der Waals surface area (Å²) in [6.07, 6.45) is 1.26. The first-order valence-electron chi connectivity index (χ1n) is 10.5. The number of aromatic nitrogens is 1. The highest BCUT2D eigenvalue weighted by molar-refractivity contribution is 9.10. The Bertz CT molecular complexity index is 753. The summed E-state index contributed by atoms with van der Waals surface area (Å²) in [4.78, 5) is 20.2. The molecule has 0 aromatic carbocycles. The largest absolute Gasteiger partial charge is 0.461 e. The number of carbonyl (C=O) groups excluding carboxylic acids is 1. The number of piperidine rings is 1. The fourth-order valence-electron chi connectivity index (χ4n) is 3.93. The number of carbonyl (C=O) groups is 1. The van der Waals surface area contributed by atoms with Crippen LogP contribution in [0.5, 0.6) is 0 Å². The standard InChI is InChI=1S/C23H37BrN2O3/c1-14(2)28-21(27)20(29-22(5,6)7)17-15(3)25-16(4)18(24)19(17)26-12-10-11-23(8,9)13-26/h14,20H,10-13H2,1-9H3/t20-/m0/s1. The van der Waals surface area contributed by atoms with E-state index >= 15 is 0 Å². The maximum atomic E-state index is 13.1. The van der Waals surface area contributed by atoms with Crippen LogP contribution in [0.4, 0.5) is 5.69 Å². The molecular weight excluding hydrogens is 432 g/mol. The maximum Gasteiger partial charge on any atom is 0.340 e. The van der Waals surface area contributed by atoms with Gasteiger partial charge >= 0.3 is 5.97 Å². The summed E-state index contributed by atoms with van der Waals surface area (Å²) in [6, 6.07) is 0. The number of halogens is 1. The predicted molar refractivity (Wildman–Crippen MR) is 121 cm³/mol. The molecule has 1 fully saturated rings. The minimum atomic E-state index is -0.832. The van der Waals surface area contributed by atoms with Crippen LogP contribution in [0.2, 0.25) is 0 Å². The van der Waals surface area contributed by atoms with Crippen molar-refractivity contribution in [3.63, 3.8) is 0 Å². The van der Waals surface area contributed by atoms with E-state index in [9.17, 15) is 4.79 Å². The average molecular weight is 469 g/mol. The first kappa shape index (κ1) is 24.1. The van der Waals surface area contributed by atoms with E-state index in [2.05, 4.69) is 34.7 Å². The molecule has 164 valence electrons. The molecule has 0 aliphatic carbocycles. The second kappa shape index (κ2) is 8.93. The Kier molecular flexibility index (Phi) is 7.43. The molecule has 1 aromatic rings. The van der Waals surface area contributed by atoms with Gasteiger partial charge in [0.05, 0.1) is 27.6 Å². The third-order valence-corrected chi connectivity index (χ3v) is 5.97. The number of aryl methyl sites for hydroxylation is 2. The number of rotatable bonds is 5. The zero-order chi connectivity index (χ0) is 22.1. The van der Waals surface area contributed by atoms with E-state index < -0.39 is 11.7 Å². The molecule has 6 heteroatoms. The van der Waals surface area contributed by atoms with Gasteiger partial charge in [-0.2, -0.15) is 0 Å². The van der Waals surface area contributed by atoms with Crippen LogP contribution in [-0.2, 0) is 14.3 Å². The number of anilines is 1. The summed E-state index contributed by atoms with van der Waals surface area (Å²) in [6.45, 7) is 20.0. The van der Waals surface area contributed by atoms with Crippen molar-refractivity contribution in [1.82, 2.24) is 4.98 Å². The van der Waals surface area contributed by atoms with Gasteiger partial charge in [0.2, 0.25) is 0 Å². The van der Waals surface area contributed by atoms with Gasteiger partial charge in [0.1, 0.15) is 0 Å². The fourth-order valence-corrected chi connectivity index (χ4v) is 4.48. The van der Waals surface area contributed by atoms with Crippen LogP contribution in [0.1, 0.15) is 84.4 Å². The van der Waals surface area contributed by atoms with E-state index in [1.807, 2.05) is 48.5 Å². The number of nitrogens with zero attached hydrogens (tertiary/aromatic N) is 2. The molecule has 29 heavy (non-hydrogen) atoms. The zero-order valence-electron chi connectivity index (χ0n) is 19.5. The predicted octanol–water partition coefficient (Wildman–Crippen LogP) is 5.90. The van der Waals surface area contributed by atoms with Gasteiger partial charge in [0.25, 0.3) is 0 Å². The highest BCUT2D eigenvalue weighted by Gasteiger charge is 2.37. The quantitative estimate of drug-likeness (QED) is 0.503. The first-order chi connectivity index (χ1) is 13.2. The van der Waals surface area contributed by atoms with Gasteiger partial charge in [-0.1, -0.05) is 13.8 Å². The highest BCUT2D eigenvalue weighted by Crippen LogP contribution is 2.43. The molecule has 0 saturated carbocycles. The van der Waals surface area contributed by atoms with Crippen molar-refractivity contribution in [2.75, 3.05) is 18.0 Å². The Labute approximate surface area is 184 Å². The molecule has 1 atom stereocenters. The smallest absolute Gasteiger partial charge is 0.340 e. The summed E-state index contributed by atoms with van der Waals surface area (Å²) in [5.74, 6) is -0.368. The van der Waals surface area contributed by atoms with Crippen LogP contribution in [-0.4, -0.2) is 35.7 Å². The van der Waals surface area contributed by atoms with Crippen molar-refractivity contribution in [3.8, 4) is 0 Å². The van der Waals surface area contributed by atoms with Crippen LogP contribution >= 0.6 is 15.9 Å². The molecule has 0 spiro atoms. The molecule has 0 radical (unpaired) electrons. The zero-order valence-corrected chi connectivity index (χ0v) is 21.1. The van der Waals surface area contributed by atoms with Gasteiger partial charge in [0, 0.05) is 24.3 Å². The lowest BCUT2D eigenvalue weighted by molar-refractivity contribution is -0.171. The second-order valence-corrected chi connectivity index (χ2v) is 10.9. The molecule has 5 nitrogen and oxygen atoms in total. The molecule has 2 rings (SSSR count). The Hall–Kier alpha value is -1.14. The number of pyridine rings is 1. The number of hydrogen-bond acceptors (Lipinski definition) is 5. The van der Waals surface area contributed by atoms with Gasteiger partial charge in [0.15, 0.2) is 6.10 Å². The summed E-state index contributed by atoms with van der Waals surface area (Å²) < 4.78 is 12.8. The van der Waals surface area contributed by atoms with Crippen molar-refractivity contribution in [2.45, 2.75) is 93.0 Å². The van der Waals surface area contributed by atoms with E-state index in [0.29, 0.717) is 0 Å². The molecule has 0 bridgehead atoms. The summed E-state index contributed by atoms with van der Waals surface area (Å²) >= 11 is 3.77. The molecule has 2 heterocycles. The van der Waals surface area contributed by atoms with Crippen LogP contribution in [0.25, 0.3) is 0 Å². The monoisotopic (exact) mass is 468 g/mol. The molecule has 0 N–H and O–H groups in total. The van der Waals surface area contributed by atoms with E-state index in [0.717, 1.165) is 46.6 Å². The van der Waals surface area contributed by atoms with Gasteiger partial charge in [-0.3, -0.25) is 4.98 Å². The molecule has 0 amide bonds. The van der Waals surface area contributed by atoms with Crippen molar-refractivity contribution in [2.24, 2.45) is 5.41 Å². The van der Waals surface area contributed by atoms with Crippen molar-refractivity contribution < 1.29 is 14.3 Å². The molecule has 1 aliphatic heterocycles. The fraction of sp³-hybridized carbons (Fsp3) is 0.739. The van der Waals surface area contributed by atoms with Crippen molar-refractivity contribution >= 4 is 27.6 Å². The minimum Gasteiger partial charge on any atom is -0.461 e. The summed E-state index contributed by atoms with van der Waals surface area (Å²) in [5, 5.41) is 0. The average Bonchev–Trinajstić information content (AvgIpc) is 2.53. The topological polar surface area (TPSA) is 51.7 Å². The third-order valence-electron chi connectivity index (χ3n) is 5.02. The van der Waals surface area contributed by atoms with E-state index in [4.69, 9.17) is 14.5 Å². The lowest BCUT2D eigenvalue weighted by Gasteiger charge is -2.42. The van der Waals surface area contributed by atoms with Gasteiger partial charge in [-0.15, -0.1) is 0 Å². The minimum absolute atomic E-state index is 0.207. The summed E-state index contributed by atoms with van der Waals surface area (Å²) in [7, 11) is 0. The first-order valence-corrected chi connectivity index (χ1v) is 11.3. The van der Waals surface area contributed by atoms with Crippen LogP contribution in [0.3, 0.4) is 0 Å². The molecule has 1 aliphatic rings. The van der Waals surface area contributed by atoms with Crippen molar-refractivity contribution in [1.29, 1.82) is 0 Å². The Morgan fingerprint density at radius 2 is 1.83 bits per heavy atom. The maximum absolute atomic E-state index is 13.1. The van der Waals surface area contributed by atoms with Crippen LogP contribution in [0.15, 0.2) is 4.47 Å². The second-order valence-electron chi connectivity index (χ2n) is 10.1. The summed E-state index contributed by atoms with van der Waals surface area (Å²) in [5.41, 5.74) is 3.23. The third kappa shape index (κ3) is 6.17. The number of hydrogen-bond donors (Lipinski definition) is 0. The number of esters is 1. The number of ether oxygens (including phenoxy) is 2. The Balaban J connectivity index is 2.66. The van der Waals surface area contributed by atoms with E-state index in [1.165, 1.54) is 6.42 Å². The van der Waals surface area contributed by atoms with E-state index in [1.54, 1.807) is 0 Å². The van der Waals surface area contributed by atoms with Crippen LogP contribution < -0.4 is 4.90 Å². The molecule has 1 saturated heterocycles. The SMILES string of the molecule is Cc1nc(C)c([C@H](OC(C)(C)C)C(=O)OC(C)C)c(N2CCCC(C)(C)C2)c1Br.